The van der Waals surface area contributed by atoms with Crippen LogP contribution in [-0.2, 0) is 4.74 Å². The lowest BCUT2D eigenvalue weighted by Gasteiger charge is -2.07. The highest BCUT2D eigenvalue weighted by atomic mass is 35.5. The molecule has 0 aliphatic heterocycles. The highest BCUT2D eigenvalue weighted by Crippen LogP contribution is 2.27. The fraction of sp³-hybridized carbons (Fsp3) is 0.118. The van der Waals surface area contributed by atoms with Crippen molar-refractivity contribution in [2.75, 3.05) is 6.61 Å². The van der Waals surface area contributed by atoms with Crippen molar-refractivity contribution >= 4 is 28.3 Å². The Kier molecular flexibility index (Phi) is 4.12. The van der Waals surface area contributed by atoms with Crippen LogP contribution in [0.15, 0.2) is 47.3 Å². The van der Waals surface area contributed by atoms with Crippen LogP contribution in [0.2, 0.25) is 5.02 Å². The minimum Gasteiger partial charge on any atom is -0.462 e. The van der Waals surface area contributed by atoms with Gasteiger partial charge in [-0.2, -0.15) is 5.10 Å². The molecule has 5 nitrogen and oxygen atoms in total. The summed E-state index contributed by atoms with van der Waals surface area (Å²) >= 11 is 6.03. The second-order valence-electron chi connectivity index (χ2n) is 4.89. The van der Waals surface area contributed by atoms with E-state index in [1.165, 1.54) is 0 Å². The van der Waals surface area contributed by atoms with Crippen LogP contribution in [-0.4, -0.2) is 22.8 Å². The summed E-state index contributed by atoms with van der Waals surface area (Å²) in [5, 5.41) is 8.16. The summed E-state index contributed by atoms with van der Waals surface area (Å²) < 4.78 is 5.01. The molecule has 0 aliphatic rings. The normalized spacial score (nSPS) is 10.7. The molecule has 23 heavy (non-hydrogen) atoms. The van der Waals surface area contributed by atoms with Crippen LogP contribution in [0.3, 0.4) is 0 Å². The van der Waals surface area contributed by atoms with Gasteiger partial charge in [-0.15, -0.1) is 0 Å². The summed E-state index contributed by atoms with van der Waals surface area (Å²) in [6.07, 6.45) is 0. The van der Waals surface area contributed by atoms with E-state index in [9.17, 15) is 9.59 Å². The lowest BCUT2D eigenvalue weighted by Crippen LogP contribution is -2.11. The number of esters is 1. The number of benzene rings is 2. The number of hydrogen-bond acceptors (Lipinski definition) is 4. The van der Waals surface area contributed by atoms with Crippen molar-refractivity contribution in [1.82, 2.24) is 10.2 Å². The molecule has 0 aliphatic carbocycles. The van der Waals surface area contributed by atoms with Gasteiger partial charge in [0.05, 0.1) is 23.3 Å². The summed E-state index contributed by atoms with van der Waals surface area (Å²) in [6.45, 7) is 2.02. The maximum absolute atomic E-state index is 12.0. The van der Waals surface area contributed by atoms with Gasteiger partial charge < -0.3 is 4.74 Å². The zero-order chi connectivity index (χ0) is 16.4. The smallest absolute Gasteiger partial charge is 0.338 e. The Hall–Kier alpha value is -2.66. The predicted octanol–water partition coefficient (Wildman–Crippen LogP) is 3.42. The number of hydrogen-bond donors (Lipinski definition) is 1. The molecular weight excluding hydrogens is 316 g/mol. The highest BCUT2D eigenvalue weighted by molar-refractivity contribution is 6.30. The second-order valence-corrected chi connectivity index (χ2v) is 5.33. The first kappa shape index (κ1) is 15.2. The molecule has 0 unspecified atom stereocenters. The monoisotopic (exact) mass is 328 g/mol. The molecule has 3 rings (SSSR count). The van der Waals surface area contributed by atoms with E-state index < -0.39 is 5.97 Å². The first-order chi connectivity index (χ1) is 11.1. The zero-order valence-electron chi connectivity index (χ0n) is 12.3. The van der Waals surface area contributed by atoms with Gasteiger partial charge in [0, 0.05) is 16.0 Å². The van der Waals surface area contributed by atoms with Gasteiger partial charge in [-0.25, -0.2) is 9.89 Å². The number of aromatic amines is 1. The Balaban J connectivity index is 2.25. The van der Waals surface area contributed by atoms with Crippen molar-refractivity contribution in [3.8, 4) is 11.3 Å². The van der Waals surface area contributed by atoms with Crippen molar-refractivity contribution in [1.29, 1.82) is 0 Å². The molecule has 116 valence electrons. The van der Waals surface area contributed by atoms with E-state index in [1.54, 1.807) is 43.3 Å². The lowest BCUT2D eigenvalue weighted by atomic mass is 10.0. The van der Waals surface area contributed by atoms with Crippen molar-refractivity contribution in [2.45, 2.75) is 6.92 Å². The Morgan fingerprint density at radius 3 is 2.78 bits per heavy atom. The maximum Gasteiger partial charge on any atom is 0.338 e. The average molecular weight is 329 g/mol. The summed E-state index contributed by atoms with van der Waals surface area (Å²) in [5.41, 5.74) is 1.35. The third-order valence-corrected chi connectivity index (χ3v) is 3.63. The van der Waals surface area contributed by atoms with E-state index in [2.05, 4.69) is 10.2 Å². The molecule has 1 heterocycles. The van der Waals surface area contributed by atoms with Gasteiger partial charge in [-0.3, -0.25) is 4.79 Å². The quantitative estimate of drug-likeness (QED) is 0.748. The molecule has 0 bridgehead atoms. The molecule has 2 aromatic carbocycles. The number of nitrogens with zero attached hydrogens (tertiary/aromatic N) is 1. The number of aromatic nitrogens is 2. The number of nitrogens with one attached hydrogen (secondary N) is 1. The van der Waals surface area contributed by atoms with Crippen LogP contribution in [0.25, 0.3) is 22.0 Å². The molecule has 1 N–H and O–H groups in total. The number of carbonyl (C=O) groups excluding carboxylic acids is 1. The van der Waals surface area contributed by atoms with Gasteiger partial charge in [0.15, 0.2) is 0 Å². The van der Waals surface area contributed by atoms with E-state index in [-0.39, 0.29) is 12.2 Å². The zero-order valence-corrected chi connectivity index (χ0v) is 13.1. The molecule has 1 aromatic heterocycles. The third-order valence-electron chi connectivity index (χ3n) is 3.40. The summed E-state index contributed by atoms with van der Waals surface area (Å²) in [7, 11) is 0. The predicted molar refractivity (Wildman–Crippen MR) is 88.8 cm³/mol. The molecule has 0 spiro atoms. The summed E-state index contributed by atoms with van der Waals surface area (Å²) in [4.78, 5) is 23.9. The first-order valence-corrected chi connectivity index (χ1v) is 7.43. The van der Waals surface area contributed by atoms with Crippen molar-refractivity contribution in [3.05, 3.63) is 63.4 Å². The average Bonchev–Trinajstić information content (AvgIpc) is 2.55. The third kappa shape index (κ3) is 2.96. The number of rotatable bonds is 3. The molecular formula is C17H13ClN2O3. The highest BCUT2D eigenvalue weighted by Gasteiger charge is 2.13. The lowest BCUT2D eigenvalue weighted by molar-refractivity contribution is 0.0526. The molecule has 0 atom stereocenters. The second kappa shape index (κ2) is 6.22. The SMILES string of the molecule is CCOC(=O)c1ccc2c(=O)[nH]nc(-c3cccc(Cl)c3)c2c1. The molecule has 0 saturated heterocycles. The van der Waals surface area contributed by atoms with Crippen LogP contribution in [0.1, 0.15) is 17.3 Å². The minimum atomic E-state index is -0.438. The van der Waals surface area contributed by atoms with Gasteiger partial charge >= 0.3 is 5.97 Å². The number of H-pyrrole nitrogens is 1. The Bertz CT molecular complexity index is 950. The number of fused-ring (bicyclic) bond motifs is 1. The van der Waals surface area contributed by atoms with Crippen molar-refractivity contribution in [2.24, 2.45) is 0 Å². The molecule has 3 aromatic rings. The summed E-state index contributed by atoms with van der Waals surface area (Å²) in [6, 6.07) is 11.9. The Morgan fingerprint density at radius 2 is 2.04 bits per heavy atom. The molecule has 0 amide bonds. The standard InChI is InChI=1S/C17H13ClN2O3/c1-2-23-17(22)11-6-7-13-14(9-11)15(19-20-16(13)21)10-4-3-5-12(18)8-10/h3-9H,2H2,1H3,(H,20,21). The van der Waals surface area contributed by atoms with E-state index in [0.717, 1.165) is 5.56 Å². The van der Waals surface area contributed by atoms with Crippen LogP contribution >= 0.6 is 11.6 Å². The largest absolute Gasteiger partial charge is 0.462 e. The van der Waals surface area contributed by atoms with Gasteiger partial charge in [0.2, 0.25) is 0 Å². The van der Waals surface area contributed by atoms with Gasteiger partial charge in [-0.1, -0.05) is 23.7 Å². The first-order valence-electron chi connectivity index (χ1n) is 7.05. The molecule has 0 saturated carbocycles. The van der Waals surface area contributed by atoms with Crippen molar-refractivity contribution < 1.29 is 9.53 Å². The number of carbonyl (C=O) groups is 1. The topological polar surface area (TPSA) is 72.1 Å². The minimum absolute atomic E-state index is 0.283. The fourth-order valence-electron chi connectivity index (χ4n) is 2.36. The Labute approximate surface area is 136 Å². The fourth-order valence-corrected chi connectivity index (χ4v) is 2.55. The van der Waals surface area contributed by atoms with E-state index >= 15 is 0 Å². The van der Waals surface area contributed by atoms with Gasteiger partial charge in [-0.05, 0) is 37.3 Å². The molecule has 0 radical (unpaired) electrons. The molecule has 6 heteroatoms. The van der Waals surface area contributed by atoms with Gasteiger partial charge in [0.25, 0.3) is 5.56 Å². The van der Waals surface area contributed by atoms with E-state index in [4.69, 9.17) is 16.3 Å². The van der Waals surface area contributed by atoms with Crippen molar-refractivity contribution in [3.63, 3.8) is 0 Å². The number of ether oxygens (including phenoxy) is 1. The van der Waals surface area contributed by atoms with Crippen LogP contribution in [0.4, 0.5) is 0 Å². The van der Waals surface area contributed by atoms with Crippen LogP contribution in [0.5, 0.6) is 0 Å². The Morgan fingerprint density at radius 1 is 1.22 bits per heavy atom. The van der Waals surface area contributed by atoms with Crippen LogP contribution in [0, 0.1) is 0 Å². The van der Waals surface area contributed by atoms with Crippen LogP contribution < -0.4 is 5.56 Å². The maximum atomic E-state index is 12.0. The van der Waals surface area contributed by atoms with E-state index in [1.807, 2.05) is 6.07 Å². The van der Waals surface area contributed by atoms with Gasteiger partial charge in [0.1, 0.15) is 0 Å². The number of halogens is 1. The molecule has 0 fully saturated rings. The summed E-state index contributed by atoms with van der Waals surface area (Å²) in [5.74, 6) is -0.438. The van der Waals surface area contributed by atoms with E-state index in [0.29, 0.717) is 27.1 Å².